The van der Waals surface area contributed by atoms with E-state index in [0.29, 0.717) is 0 Å². The van der Waals surface area contributed by atoms with Crippen molar-refractivity contribution in [3.05, 3.63) is 54.2 Å². The predicted molar refractivity (Wildman–Crippen MR) is 84.2 cm³/mol. The Morgan fingerprint density at radius 3 is 2.86 bits per heavy atom. The summed E-state index contributed by atoms with van der Waals surface area (Å²) in [5, 5.41) is 3.50. The summed E-state index contributed by atoms with van der Waals surface area (Å²) in [7, 11) is 0. The second-order valence-electron chi connectivity index (χ2n) is 5.21. The van der Waals surface area contributed by atoms with Crippen LogP contribution in [-0.2, 0) is 13.0 Å². The zero-order valence-corrected chi connectivity index (χ0v) is 12.5. The van der Waals surface area contributed by atoms with Crippen LogP contribution in [0.4, 0.5) is 0 Å². The van der Waals surface area contributed by atoms with E-state index in [2.05, 4.69) is 41.9 Å². The molecule has 1 unspecified atom stereocenters. The number of hydrogen-bond acceptors (Lipinski definition) is 3. The van der Waals surface area contributed by atoms with Crippen molar-refractivity contribution in [2.24, 2.45) is 0 Å². The van der Waals surface area contributed by atoms with Gasteiger partial charge in [-0.25, -0.2) is 4.98 Å². The van der Waals surface area contributed by atoms with Crippen molar-refractivity contribution >= 4 is 11.0 Å². The number of furan rings is 1. The van der Waals surface area contributed by atoms with Gasteiger partial charge in [0.2, 0.25) is 0 Å². The molecule has 1 atom stereocenters. The minimum absolute atomic E-state index is 0.222. The van der Waals surface area contributed by atoms with Gasteiger partial charge in [-0.3, -0.25) is 0 Å². The average molecular weight is 283 g/mol. The first kappa shape index (κ1) is 13.9. The van der Waals surface area contributed by atoms with Gasteiger partial charge in [0.05, 0.1) is 23.3 Å². The topological polar surface area (TPSA) is 43.0 Å². The Bertz CT molecular complexity index is 700. The normalized spacial score (nSPS) is 12.9. The van der Waals surface area contributed by atoms with Crippen LogP contribution in [-0.4, -0.2) is 16.1 Å². The number of aromatic nitrogens is 2. The lowest BCUT2D eigenvalue weighted by Gasteiger charge is -2.13. The third-order valence-electron chi connectivity index (χ3n) is 3.81. The van der Waals surface area contributed by atoms with E-state index >= 15 is 0 Å². The molecule has 4 nitrogen and oxygen atoms in total. The molecule has 110 valence electrons. The first-order valence-electron chi connectivity index (χ1n) is 7.50. The van der Waals surface area contributed by atoms with Crippen molar-refractivity contribution in [3.63, 3.8) is 0 Å². The van der Waals surface area contributed by atoms with Gasteiger partial charge in [0.25, 0.3) is 0 Å². The summed E-state index contributed by atoms with van der Waals surface area (Å²) in [4.78, 5) is 4.70. The number of imidazole rings is 1. The van der Waals surface area contributed by atoms with E-state index < -0.39 is 0 Å². The SMILES string of the molecule is CCc1nc2ccccc2n1CCNC(C)c1ccco1. The van der Waals surface area contributed by atoms with E-state index in [0.717, 1.165) is 36.6 Å². The highest BCUT2D eigenvalue weighted by atomic mass is 16.3. The largest absolute Gasteiger partial charge is 0.468 e. The number of benzene rings is 1. The molecule has 0 aliphatic rings. The molecule has 0 bridgehead atoms. The molecule has 1 aromatic carbocycles. The van der Waals surface area contributed by atoms with Crippen LogP contribution in [0, 0.1) is 0 Å². The third-order valence-corrected chi connectivity index (χ3v) is 3.81. The van der Waals surface area contributed by atoms with Gasteiger partial charge in [-0.15, -0.1) is 0 Å². The monoisotopic (exact) mass is 283 g/mol. The van der Waals surface area contributed by atoms with E-state index in [-0.39, 0.29) is 6.04 Å². The highest BCUT2D eigenvalue weighted by molar-refractivity contribution is 5.75. The standard InChI is InChI=1S/C17H21N3O/c1-3-17-19-14-7-4-5-8-15(14)20(17)11-10-18-13(2)16-9-6-12-21-16/h4-9,12-13,18H,3,10-11H2,1-2H3. The number of rotatable bonds is 6. The molecule has 2 heterocycles. The quantitative estimate of drug-likeness (QED) is 0.752. The van der Waals surface area contributed by atoms with Crippen molar-refractivity contribution in [2.45, 2.75) is 32.9 Å². The Morgan fingerprint density at radius 1 is 1.24 bits per heavy atom. The number of aryl methyl sites for hydroxylation is 1. The maximum absolute atomic E-state index is 5.42. The zero-order valence-electron chi connectivity index (χ0n) is 12.5. The fourth-order valence-electron chi connectivity index (χ4n) is 2.68. The summed E-state index contributed by atoms with van der Waals surface area (Å²) in [6.45, 7) is 6.06. The van der Waals surface area contributed by atoms with Crippen LogP contribution in [0.5, 0.6) is 0 Å². The molecule has 2 aromatic heterocycles. The Balaban J connectivity index is 1.70. The van der Waals surface area contributed by atoms with Crippen molar-refractivity contribution in [1.29, 1.82) is 0 Å². The molecule has 0 amide bonds. The molecule has 0 aliphatic carbocycles. The highest BCUT2D eigenvalue weighted by Gasteiger charge is 2.10. The van der Waals surface area contributed by atoms with Crippen molar-refractivity contribution in [3.8, 4) is 0 Å². The summed E-state index contributed by atoms with van der Waals surface area (Å²) in [6.07, 6.45) is 2.66. The molecular weight excluding hydrogens is 262 g/mol. The molecule has 0 fully saturated rings. The van der Waals surface area contributed by atoms with Crippen LogP contribution in [0.25, 0.3) is 11.0 Å². The fourth-order valence-corrected chi connectivity index (χ4v) is 2.68. The van der Waals surface area contributed by atoms with E-state index in [1.54, 1.807) is 6.26 Å². The summed E-state index contributed by atoms with van der Waals surface area (Å²) in [5.74, 6) is 2.12. The lowest BCUT2D eigenvalue weighted by atomic mass is 10.2. The van der Waals surface area contributed by atoms with Gasteiger partial charge in [-0.1, -0.05) is 19.1 Å². The molecule has 3 aromatic rings. The number of para-hydroxylation sites is 2. The minimum Gasteiger partial charge on any atom is -0.468 e. The Kier molecular flexibility index (Phi) is 4.06. The van der Waals surface area contributed by atoms with Crippen LogP contribution < -0.4 is 5.32 Å². The van der Waals surface area contributed by atoms with Gasteiger partial charge in [-0.05, 0) is 31.2 Å². The van der Waals surface area contributed by atoms with Gasteiger partial charge in [0.1, 0.15) is 11.6 Å². The molecule has 0 spiro atoms. The van der Waals surface area contributed by atoms with Crippen LogP contribution in [0.15, 0.2) is 47.1 Å². The van der Waals surface area contributed by atoms with Gasteiger partial charge in [0, 0.05) is 19.5 Å². The smallest absolute Gasteiger partial charge is 0.120 e. The Morgan fingerprint density at radius 2 is 2.10 bits per heavy atom. The van der Waals surface area contributed by atoms with Crippen LogP contribution in [0.1, 0.15) is 31.5 Å². The number of fused-ring (bicyclic) bond motifs is 1. The minimum atomic E-state index is 0.222. The van der Waals surface area contributed by atoms with E-state index in [1.807, 2.05) is 18.2 Å². The first-order valence-corrected chi connectivity index (χ1v) is 7.50. The molecule has 21 heavy (non-hydrogen) atoms. The molecule has 0 aliphatic heterocycles. The second kappa shape index (κ2) is 6.14. The molecule has 1 N–H and O–H groups in total. The molecule has 4 heteroatoms. The maximum atomic E-state index is 5.42. The predicted octanol–water partition coefficient (Wildman–Crippen LogP) is 3.54. The Hall–Kier alpha value is -2.07. The lowest BCUT2D eigenvalue weighted by Crippen LogP contribution is -2.23. The van der Waals surface area contributed by atoms with Gasteiger partial charge in [0.15, 0.2) is 0 Å². The van der Waals surface area contributed by atoms with Gasteiger partial charge >= 0.3 is 0 Å². The number of hydrogen-bond donors (Lipinski definition) is 1. The van der Waals surface area contributed by atoms with Crippen LogP contribution >= 0.6 is 0 Å². The molecule has 0 radical (unpaired) electrons. The first-order chi connectivity index (χ1) is 10.3. The Labute approximate surface area is 124 Å². The van der Waals surface area contributed by atoms with E-state index in [4.69, 9.17) is 9.40 Å². The van der Waals surface area contributed by atoms with Gasteiger partial charge < -0.3 is 14.3 Å². The van der Waals surface area contributed by atoms with E-state index in [9.17, 15) is 0 Å². The number of nitrogens with zero attached hydrogens (tertiary/aromatic N) is 2. The summed E-state index contributed by atoms with van der Waals surface area (Å²) < 4.78 is 7.72. The second-order valence-corrected chi connectivity index (χ2v) is 5.21. The maximum Gasteiger partial charge on any atom is 0.120 e. The van der Waals surface area contributed by atoms with Crippen molar-refractivity contribution in [2.75, 3.05) is 6.54 Å². The van der Waals surface area contributed by atoms with Crippen molar-refractivity contribution in [1.82, 2.24) is 14.9 Å². The van der Waals surface area contributed by atoms with Crippen LogP contribution in [0.3, 0.4) is 0 Å². The third kappa shape index (κ3) is 2.85. The molecule has 0 saturated heterocycles. The average Bonchev–Trinajstić information content (AvgIpc) is 3.14. The summed E-state index contributed by atoms with van der Waals surface area (Å²) >= 11 is 0. The fraction of sp³-hybridized carbons (Fsp3) is 0.353. The molecule has 3 rings (SSSR count). The summed E-state index contributed by atoms with van der Waals surface area (Å²) in [5.41, 5.74) is 2.29. The molecule has 0 saturated carbocycles. The highest BCUT2D eigenvalue weighted by Crippen LogP contribution is 2.17. The van der Waals surface area contributed by atoms with Crippen molar-refractivity contribution < 1.29 is 4.42 Å². The number of nitrogens with one attached hydrogen (secondary N) is 1. The van der Waals surface area contributed by atoms with E-state index in [1.165, 1.54) is 5.52 Å². The molecular formula is C17H21N3O. The summed E-state index contributed by atoms with van der Waals surface area (Å²) in [6, 6.07) is 12.5. The zero-order chi connectivity index (χ0) is 14.7. The van der Waals surface area contributed by atoms with Gasteiger partial charge in [-0.2, -0.15) is 0 Å². The lowest BCUT2D eigenvalue weighted by molar-refractivity contribution is 0.423. The van der Waals surface area contributed by atoms with Crippen LogP contribution in [0.2, 0.25) is 0 Å².